The van der Waals surface area contributed by atoms with Gasteiger partial charge in [-0.1, -0.05) is 37.8 Å². The van der Waals surface area contributed by atoms with Crippen molar-refractivity contribution in [2.24, 2.45) is 20.0 Å². The Morgan fingerprint density at radius 1 is 0.438 bits per heavy atom. The molecule has 164 valence electrons. The van der Waals surface area contributed by atoms with Crippen LogP contribution in [0.4, 0.5) is 0 Å². The van der Waals surface area contributed by atoms with E-state index in [1.165, 1.54) is 25.7 Å². The molecule has 4 bridgehead atoms. The second-order valence-corrected chi connectivity index (χ2v) is 8.93. The fourth-order valence-electron chi connectivity index (χ4n) is 4.79. The lowest BCUT2D eigenvalue weighted by Gasteiger charge is -2.25. The van der Waals surface area contributed by atoms with E-state index in [2.05, 4.69) is 0 Å². The number of aromatic nitrogens is 2. The number of rotatable bonds is 0. The third-order valence-corrected chi connectivity index (χ3v) is 6.57. The summed E-state index contributed by atoms with van der Waals surface area (Å²) in [4.78, 5) is 29.1. The van der Waals surface area contributed by atoms with Gasteiger partial charge < -0.3 is 0 Å². The van der Waals surface area contributed by atoms with E-state index in [1.807, 2.05) is 61.3 Å². The molecule has 2 saturated carbocycles. The van der Waals surface area contributed by atoms with Crippen LogP contribution in [0.1, 0.15) is 74.1 Å². The molecule has 2 aromatic heterocycles. The van der Waals surface area contributed by atoms with Crippen LogP contribution in [0.2, 0.25) is 0 Å². The van der Waals surface area contributed by atoms with Crippen LogP contribution in [0.5, 0.6) is 0 Å². The third kappa shape index (κ3) is 5.23. The minimum absolute atomic E-state index is 0.186. The van der Waals surface area contributed by atoms with Gasteiger partial charge in [0.1, 0.15) is 0 Å². The molecule has 2 aliphatic carbocycles. The maximum absolute atomic E-state index is 4.89. The molecule has 4 atom stereocenters. The Hall–Kier alpha value is -3.02. The molecule has 0 N–H and O–H groups in total. The fraction of sp³-hybridized carbons (Fsp3) is 0.462. The molecule has 0 spiro atoms. The highest BCUT2D eigenvalue weighted by Crippen LogP contribution is 2.25. The second-order valence-electron chi connectivity index (χ2n) is 8.93. The Labute approximate surface area is 189 Å². The first-order valence-corrected chi connectivity index (χ1v) is 11.9. The smallest absolute Gasteiger partial charge is 0.0815 e. The average Bonchev–Trinajstić information content (AvgIpc) is 2.85. The Morgan fingerprint density at radius 2 is 0.719 bits per heavy atom. The summed E-state index contributed by atoms with van der Waals surface area (Å²) in [5, 5.41) is 0. The lowest BCUT2D eigenvalue weighted by atomic mass is 9.91. The summed E-state index contributed by atoms with van der Waals surface area (Å²) < 4.78 is 0. The molecule has 3 aliphatic rings. The van der Waals surface area contributed by atoms with Gasteiger partial charge >= 0.3 is 0 Å². The molecular formula is C26H30N6. The zero-order valence-electron chi connectivity index (χ0n) is 18.4. The van der Waals surface area contributed by atoms with Crippen molar-refractivity contribution in [2.45, 2.75) is 75.5 Å². The van der Waals surface area contributed by atoms with Crippen LogP contribution >= 0.6 is 0 Å². The number of fused-ring (bicyclic) bond motifs is 6. The topological polar surface area (TPSA) is 75.2 Å². The van der Waals surface area contributed by atoms with Gasteiger partial charge in [0.2, 0.25) is 0 Å². The fourth-order valence-corrected chi connectivity index (χ4v) is 4.79. The van der Waals surface area contributed by atoms with E-state index in [4.69, 9.17) is 29.9 Å². The zero-order valence-corrected chi connectivity index (χ0v) is 18.4. The van der Waals surface area contributed by atoms with Crippen molar-refractivity contribution < 1.29 is 0 Å². The summed E-state index contributed by atoms with van der Waals surface area (Å²) in [6.07, 6.45) is 16.6. The Bertz CT molecular complexity index is 882. The lowest BCUT2D eigenvalue weighted by molar-refractivity contribution is 0.390. The van der Waals surface area contributed by atoms with Crippen molar-refractivity contribution in [2.75, 3.05) is 0 Å². The zero-order chi connectivity index (χ0) is 21.6. The molecule has 0 saturated heterocycles. The highest BCUT2D eigenvalue weighted by atomic mass is 14.9. The van der Waals surface area contributed by atoms with Crippen LogP contribution < -0.4 is 0 Å². The summed E-state index contributed by atoms with van der Waals surface area (Å²) in [5.74, 6) is 0. The molecule has 5 rings (SSSR count). The van der Waals surface area contributed by atoms with Gasteiger partial charge in [0.05, 0.1) is 46.9 Å². The molecule has 0 radical (unpaired) electrons. The minimum Gasteiger partial charge on any atom is -0.285 e. The van der Waals surface area contributed by atoms with Crippen molar-refractivity contribution in [3.8, 4) is 0 Å². The first-order valence-electron chi connectivity index (χ1n) is 11.9. The second kappa shape index (κ2) is 10.1. The predicted octanol–water partition coefficient (Wildman–Crippen LogP) is 4.49. The number of aliphatic imine (C=N–C) groups is 4. The molecule has 2 fully saturated rings. The number of pyridine rings is 2. The predicted molar refractivity (Wildman–Crippen MR) is 131 cm³/mol. The normalized spacial score (nSPS) is 27.8. The van der Waals surface area contributed by atoms with Crippen LogP contribution in [0.15, 0.2) is 56.4 Å². The number of hydrogen-bond acceptors (Lipinski definition) is 6. The quantitative estimate of drug-likeness (QED) is 0.622. The van der Waals surface area contributed by atoms with Gasteiger partial charge in [-0.15, -0.1) is 0 Å². The maximum Gasteiger partial charge on any atom is 0.0815 e. The Balaban J connectivity index is 1.51. The first-order chi connectivity index (χ1) is 15.8. The summed E-state index contributed by atoms with van der Waals surface area (Å²) in [7, 11) is 0. The molecular weight excluding hydrogens is 396 g/mol. The van der Waals surface area contributed by atoms with Gasteiger partial charge in [0.25, 0.3) is 0 Å². The SMILES string of the molecule is C1=N[C@H]2CCCC[C@@H]2N=Cc2cccc(n2)C=N[C@@H]2CCCC[C@H]2N=Cc2cccc1n2. The molecule has 2 aromatic rings. The lowest BCUT2D eigenvalue weighted by Crippen LogP contribution is -2.27. The molecule has 1 aliphatic heterocycles. The summed E-state index contributed by atoms with van der Waals surface area (Å²) >= 11 is 0. The monoisotopic (exact) mass is 426 g/mol. The van der Waals surface area contributed by atoms with Crippen molar-refractivity contribution in [1.82, 2.24) is 9.97 Å². The van der Waals surface area contributed by atoms with Crippen LogP contribution in [0, 0.1) is 0 Å². The molecule has 0 unspecified atom stereocenters. The van der Waals surface area contributed by atoms with Gasteiger partial charge in [0.15, 0.2) is 0 Å². The highest BCUT2D eigenvalue weighted by Gasteiger charge is 2.24. The van der Waals surface area contributed by atoms with Gasteiger partial charge in [0, 0.05) is 24.9 Å². The van der Waals surface area contributed by atoms with E-state index in [1.54, 1.807) is 0 Å². The number of nitrogens with zero attached hydrogens (tertiary/aromatic N) is 6. The number of hydrogen-bond donors (Lipinski definition) is 0. The largest absolute Gasteiger partial charge is 0.285 e. The van der Waals surface area contributed by atoms with Crippen molar-refractivity contribution in [1.29, 1.82) is 0 Å². The summed E-state index contributed by atoms with van der Waals surface area (Å²) in [5.41, 5.74) is 3.49. The summed E-state index contributed by atoms with van der Waals surface area (Å²) in [6, 6.07) is 12.8. The third-order valence-electron chi connectivity index (χ3n) is 6.57. The highest BCUT2D eigenvalue weighted by molar-refractivity contribution is 5.83. The van der Waals surface area contributed by atoms with Gasteiger partial charge in [-0.25, -0.2) is 9.97 Å². The van der Waals surface area contributed by atoms with Gasteiger partial charge in [-0.3, -0.25) is 20.0 Å². The minimum atomic E-state index is 0.186. The molecule has 32 heavy (non-hydrogen) atoms. The van der Waals surface area contributed by atoms with Gasteiger partial charge in [-0.05, 0) is 49.9 Å². The van der Waals surface area contributed by atoms with E-state index < -0.39 is 0 Å². The van der Waals surface area contributed by atoms with Crippen molar-refractivity contribution in [3.63, 3.8) is 0 Å². The Morgan fingerprint density at radius 3 is 1.00 bits per heavy atom. The van der Waals surface area contributed by atoms with E-state index in [-0.39, 0.29) is 24.2 Å². The molecule has 6 heteroatoms. The van der Waals surface area contributed by atoms with Crippen molar-refractivity contribution in [3.05, 3.63) is 59.2 Å². The molecule has 0 aromatic carbocycles. The van der Waals surface area contributed by atoms with E-state index in [0.29, 0.717) is 0 Å². The Kier molecular flexibility index (Phi) is 6.56. The molecule has 0 amide bonds. The van der Waals surface area contributed by atoms with Crippen LogP contribution in [-0.4, -0.2) is 59.0 Å². The van der Waals surface area contributed by atoms with Gasteiger partial charge in [-0.2, -0.15) is 0 Å². The van der Waals surface area contributed by atoms with E-state index in [9.17, 15) is 0 Å². The van der Waals surface area contributed by atoms with E-state index in [0.717, 1.165) is 48.5 Å². The van der Waals surface area contributed by atoms with Crippen LogP contribution in [-0.2, 0) is 0 Å². The van der Waals surface area contributed by atoms with Crippen molar-refractivity contribution >= 4 is 24.9 Å². The first kappa shape index (κ1) is 20.9. The average molecular weight is 427 g/mol. The molecule has 6 nitrogen and oxygen atoms in total. The van der Waals surface area contributed by atoms with E-state index >= 15 is 0 Å². The standard InChI is InChI=1S/C26H30N6/c1-2-12-24-23(11-1)27-15-19-7-5-9-21(31-19)17-29-25-13-3-4-14-26(25)30-18-22-10-6-8-20(32-22)16-28-24/h5-10,15-18,23-26H,1-4,11-14H2/t23-,24-,25+,26+. The maximum atomic E-state index is 4.89. The summed E-state index contributed by atoms with van der Waals surface area (Å²) in [6.45, 7) is 0. The van der Waals surface area contributed by atoms with Crippen LogP contribution in [0.25, 0.3) is 0 Å². The molecule has 3 heterocycles. The van der Waals surface area contributed by atoms with Crippen LogP contribution in [0.3, 0.4) is 0 Å².